The fourth-order valence-electron chi connectivity index (χ4n) is 2.23. The number of halogens is 3. The average Bonchev–Trinajstić information content (AvgIpc) is 2.42. The van der Waals surface area contributed by atoms with Gasteiger partial charge in [-0.1, -0.05) is 0 Å². The first kappa shape index (κ1) is 14.4. The zero-order valence-electron chi connectivity index (χ0n) is 10.3. The number of rotatable bonds is 2. The number of benzene rings is 1. The van der Waals surface area contributed by atoms with Crippen LogP contribution in [0.5, 0.6) is 0 Å². The summed E-state index contributed by atoms with van der Waals surface area (Å²) < 4.78 is 26.5. The van der Waals surface area contributed by atoms with Crippen molar-refractivity contribution in [3.8, 4) is 0 Å². The molecule has 1 amide bonds. The molecule has 2 N–H and O–H groups in total. The van der Waals surface area contributed by atoms with Crippen molar-refractivity contribution < 1.29 is 13.6 Å². The molecule has 1 heterocycles. The number of hydrogen-bond acceptors (Lipinski definition) is 2. The van der Waals surface area contributed by atoms with Gasteiger partial charge in [0.2, 0.25) is 0 Å². The van der Waals surface area contributed by atoms with Crippen molar-refractivity contribution >= 4 is 21.8 Å². The first-order chi connectivity index (χ1) is 9.02. The quantitative estimate of drug-likeness (QED) is 0.846. The molecular formula is C13H15BrF2N2O. The molecule has 104 valence electrons. The first-order valence-corrected chi connectivity index (χ1v) is 6.96. The summed E-state index contributed by atoms with van der Waals surface area (Å²) in [5, 5.41) is 0. The molecular weight excluding hydrogens is 318 g/mol. The van der Waals surface area contributed by atoms with E-state index >= 15 is 0 Å². The average molecular weight is 333 g/mol. The Morgan fingerprint density at radius 2 is 1.89 bits per heavy atom. The molecule has 0 radical (unpaired) electrons. The van der Waals surface area contributed by atoms with Crippen LogP contribution in [0.1, 0.15) is 23.2 Å². The van der Waals surface area contributed by atoms with Crippen molar-refractivity contribution in [3.05, 3.63) is 33.8 Å². The van der Waals surface area contributed by atoms with E-state index in [2.05, 4.69) is 15.9 Å². The summed E-state index contributed by atoms with van der Waals surface area (Å²) in [6.45, 7) is 1.83. The molecule has 1 aromatic rings. The molecule has 1 fully saturated rings. The largest absolute Gasteiger partial charge is 0.339 e. The number of amides is 1. The van der Waals surface area contributed by atoms with Crippen LogP contribution in [0.2, 0.25) is 0 Å². The SMILES string of the molecule is NCC1CCN(C(=O)c2cc(F)c(F)cc2Br)CC1. The Labute approximate surface area is 118 Å². The van der Waals surface area contributed by atoms with E-state index in [9.17, 15) is 13.6 Å². The van der Waals surface area contributed by atoms with E-state index in [1.54, 1.807) is 4.90 Å². The third kappa shape index (κ3) is 3.12. The number of carbonyl (C=O) groups excluding carboxylic acids is 1. The van der Waals surface area contributed by atoms with E-state index in [1.165, 1.54) is 0 Å². The number of piperidine rings is 1. The van der Waals surface area contributed by atoms with Crippen molar-refractivity contribution in [3.63, 3.8) is 0 Å². The molecule has 0 unspecified atom stereocenters. The van der Waals surface area contributed by atoms with Gasteiger partial charge in [0.1, 0.15) is 0 Å². The second-order valence-corrected chi connectivity index (χ2v) is 5.57. The van der Waals surface area contributed by atoms with Crippen LogP contribution in [0.4, 0.5) is 8.78 Å². The zero-order valence-corrected chi connectivity index (χ0v) is 11.9. The molecule has 19 heavy (non-hydrogen) atoms. The van der Waals surface area contributed by atoms with Gasteiger partial charge >= 0.3 is 0 Å². The van der Waals surface area contributed by atoms with Gasteiger partial charge in [0.05, 0.1) is 5.56 Å². The third-order valence-corrected chi connectivity index (χ3v) is 4.13. The smallest absolute Gasteiger partial charge is 0.255 e. The minimum absolute atomic E-state index is 0.157. The van der Waals surface area contributed by atoms with Crippen molar-refractivity contribution in [2.24, 2.45) is 11.7 Å². The molecule has 1 saturated heterocycles. The van der Waals surface area contributed by atoms with Crippen LogP contribution >= 0.6 is 15.9 Å². The van der Waals surface area contributed by atoms with Gasteiger partial charge in [0.25, 0.3) is 5.91 Å². The highest BCUT2D eigenvalue weighted by Crippen LogP contribution is 2.24. The molecule has 1 aliphatic heterocycles. The lowest BCUT2D eigenvalue weighted by molar-refractivity contribution is 0.0692. The lowest BCUT2D eigenvalue weighted by atomic mass is 9.96. The highest BCUT2D eigenvalue weighted by Gasteiger charge is 2.25. The molecule has 0 aromatic heterocycles. The Balaban J connectivity index is 2.14. The summed E-state index contributed by atoms with van der Waals surface area (Å²) in [4.78, 5) is 13.9. The highest BCUT2D eigenvalue weighted by atomic mass is 79.9. The first-order valence-electron chi connectivity index (χ1n) is 6.16. The summed E-state index contributed by atoms with van der Waals surface area (Å²) >= 11 is 3.10. The van der Waals surface area contributed by atoms with Crippen LogP contribution in [-0.2, 0) is 0 Å². The molecule has 0 saturated carbocycles. The maximum Gasteiger partial charge on any atom is 0.255 e. The van der Waals surface area contributed by atoms with E-state index in [-0.39, 0.29) is 15.9 Å². The van der Waals surface area contributed by atoms with Crippen LogP contribution in [0.15, 0.2) is 16.6 Å². The van der Waals surface area contributed by atoms with Crippen molar-refractivity contribution in [2.75, 3.05) is 19.6 Å². The predicted octanol–water partition coefficient (Wildman–Crippen LogP) is 2.54. The lowest BCUT2D eigenvalue weighted by Gasteiger charge is -2.31. The second-order valence-electron chi connectivity index (χ2n) is 4.72. The molecule has 3 nitrogen and oxygen atoms in total. The lowest BCUT2D eigenvalue weighted by Crippen LogP contribution is -2.40. The van der Waals surface area contributed by atoms with Gasteiger partial charge in [-0.05, 0) is 53.4 Å². The van der Waals surface area contributed by atoms with Gasteiger partial charge in [-0.2, -0.15) is 0 Å². The van der Waals surface area contributed by atoms with E-state index < -0.39 is 11.6 Å². The van der Waals surface area contributed by atoms with Gasteiger partial charge in [0.15, 0.2) is 11.6 Å². The summed E-state index contributed by atoms with van der Waals surface area (Å²) in [5.41, 5.74) is 5.75. The Hall–Kier alpha value is -1.01. The number of likely N-dealkylation sites (tertiary alicyclic amines) is 1. The van der Waals surface area contributed by atoms with Gasteiger partial charge in [-0.25, -0.2) is 8.78 Å². The Bertz CT molecular complexity index is 488. The predicted molar refractivity (Wildman–Crippen MR) is 71.7 cm³/mol. The minimum Gasteiger partial charge on any atom is -0.339 e. The number of nitrogens with zero attached hydrogens (tertiary/aromatic N) is 1. The molecule has 0 atom stereocenters. The minimum atomic E-state index is -1.01. The van der Waals surface area contributed by atoms with Crippen LogP contribution in [0.25, 0.3) is 0 Å². The molecule has 0 bridgehead atoms. The Kier molecular flexibility index (Phi) is 4.52. The molecule has 1 aliphatic rings. The van der Waals surface area contributed by atoms with E-state index in [0.717, 1.165) is 25.0 Å². The number of carbonyl (C=O) groups is 1. The highest BCUT2D eigenvalue weighted by molar-refractivity contribution is 9.10. The maximum absolute atomic E-state index is 13.2. The maximum atomic E-state index is 13.2. The van der Waals surface area contributed by atoms with Crippen LogP contribution in [0, 0.1) is 17.6 Å². The van der Waals surface area contributed by atoms with E-state index in [0.29, 0.717) is 25.6 Å². The van der Waals surface area contributed by atoms with Crippen LogP contribution < -0.4 is 5.73 Å². The van der Waals surface area contributed by atoms with Crippen molar-refractivity contribution in [1.29, 1.82) is 0 Å². The van der Waals surface area contributed by atoms with E-state index in [1.807, 2.05) is 0 Å². The summed E-state index contributed by atoms with van der Waals surface area (Å²) in [5.74, 6) is -1.81. The topological polar surface area (TPSA) is 46.3 Å². The van der Waals surface area contributed by atoms with Crippen LogP contribution in [-0.4, -0.2) is 30.4 Å². The zero-order chi connectivity index (χ0) is 14.0. The fraction of sp³-hybridized carbons (Fsp3) is 0.462. The summed E-state index contributed by atoms with van der Waals surface area (Å²) in [6, 6.07) is 1.92. The Morgan fingerprint density at radius 1 is 1.32 bits per heavy atom. The number of hydrogen-bond donors (Lipinski definition) is 1. The van der Waals surface area contributed by atoms with Crippen molar-refractivity contribution in [1.82, 2.24) is 4.90 Å². The Morgan fingerprint density at radius 3 is 2.47 bits per heavy atom. The molecule has 2 rings (SSSR count). The summed E-state index contributed by atoms with van der Waals surface area (Å²) in [7, 11) is 0. The molecule has 0 aliphatic carbocycles. The fourth-order valence-corrected chi connectivity index (χ4v) is 2.71. The normalized spacial score (nSPS) is 16.7. The van der Waals surface area contributed by atoms with Crippen molar-refractivity contribution in [2.45, 2.75) is 12.8 Å². The molecule has 6 heteroatoms. The second kappa shape index (κ2) is 5.96. The van der Waals surface area contributed by atoms with Gasteiger partial charge < -0.3 is 10.6 Å². The number of nitrogens with two attached hydrogens (primary N) is 1. The summed E-state index contributed by atoms with van der Waals surface area (Å²) in [6.07, 6.45) is 1.70. The van der Waals surface area contributed by atoms with Gasteiger partial charge in [-0.3, -0.25) is 4.79 Å². The monoisotopic (exact) mass is 332 g/mol. The standard InChI is InChI=1S/C13H15BrF2N2O/c14-10-6-12(16)11(15)5-9(10)13(19)18-3-1-8(7-17)2-4-18/h5-6,8H,1-4,7,17H2. The molecule has 0 spiro atoms. The van der Waals surface area contributed by atoms with Gasteiger partial charge in [-0.15, -0.1) is 0 Å². The van der Waals surface area contributed by atoms with E-state index in [4.69, 9.17) is 5.73 Å². The van der Waals surface area contributed by atoms with Crippen LogP contribution in [0.3, 0.4) is 0 Å². The van der Waals surface area contributed by atoms with Gasteiger partial charge in [0, 0.05) is 17.6 Å². The third-order valence-electron chi connectivity index (χ3n) is 3.48. The molecule has 1 aromatic carbocycles.